The molecule has 0 aliphatic carbocycles. The second kappa shape index (κ2) is 4.76. The maximum atomic E-state index is 9.02. The first-order chi connectivity index (χ1) is 7.10. The van der Waals surface area contributed by atoms with Gasteiger partial charge in [0.2, 0.25) is 0 Å². The van der Waals surface area contributed by atoms with Gasteiger partial charge in [-0.2, -0.15) is 5.26 Å². The van der Waals surface area contributed by atoms with E-state index in [1.165, 1.54) is 0 Å². The van der Waals surface area contributed by atoms with Crippen molar-refractivity contribution in [1.82, 2.24) is 4.98 Å². The first kappa shape index (κ1) is 11.5. The van der Waals surface area contributed by atoms with Crippen LogP contribution in [0.1, 0.15) is 16.8 Å². The summed E-state index contributed by atoms with van der Waals surface area (Å²) >= 11 is 0. The molecule has 0 saturated heterocycles. The molecule has 0 spiro atoms. The Morgan fingerprint density at radius 3 is 2.67 bits per heavy atom. The zero-order chi connectivity index (χ0) is 11.4. The highest BCUT2D eigenvalue weighted by Gasteiger charge is 2.11. The topological polar surface area (TPSA) is 49.1 Å². The fourth-order valence-corrected chi connectivity index (χ4v) is 1.41. The number of methoxy groups -OCH3 is 1. The number of hydrogen-bond acceptors (Lipinski definition) is 4. The third kappa shape index (κ3) is 2.45. The standard InChI is InChI=1S/C11H15N3O/c1-8-5-9(7-15-4)13-11(14(2)3)10(8)6-12/h5H,7H2,1-4H3. The molecule has 0 amide bonds. The van der Waals surface area contributed by atoms with Crippen molar-refractivity contribution < 1.29 is 4.74 Å². The van der Waals surface area contributed by atoms with Crippen LogP contribution in [-0.4, -0.2) is 26.2 Å². The van der Waals surface area contributed by atoms with E-state index in [2.05, 4.69) is 11.1 Å². The first-order valence-electron chi connectivity index (χ1n) is 4.67. The summed E-state index contributed by atoms with van der Waals surface area (Å²) < 4.78 is 5.03. The SMILES string of the molecule is COCc1cc(C)c(C#N)c(N(C)C)n1. The molecule has 0 saturated carbocycles. The lowest BCUT2D eigenvalue weighted by Gasteiger charge is -2.15. The van der Waals surface area contributed by atoms with Crippen molar-refractivity contribution in [1.29, 1.82) is 5.26 Å². The number of anilines is 1. The third-order valence-corrected chi connectivity index (χ3v) is 2.08. The van der Waals surface area contributed by atoms with Crippen LogP contribution in [0.15, 0.2) is 6.07 Å². The molecule has 1 aromatic heterocycles. The van der Waals surface area contributed by atoms with Crippen molar-refractivity contribution in [2.24, 2.45) is 0 Å². The molecule has 0 fully saturated rings. The minimum Gasteiger partial charge on any atom is -0.378 e. The van der Waals surface area contributed by atoms with Crippen LogP contribution in [0.25, 0.3) is 0 Å². The van der Waals surface area contributed by atoms with E-state index in [4.69, 9.17) is 10.00 Å². The molecule has 0 aliphatic rings. The number of rotatable bonds is 3. The molecule has 1 heterocycles. The van der Waals surface area contributed by atoms with Gasteiger partial charge in [-0.1, -0.05) is 0 Å². The van der Waals surface area contributed by atoms with Crippen molar-refractivity contribution in [2.75, 3.05) is 26.1 Å². The average Bonchev–Trinajstić information content (AvgIpc) is 2.17. The molecule has 0 radical (unpaired) electrons. The second-order valence-corrected chi connectivity index (χ2v) is 3.57. The van der Waals surface area contributed by atoms with Gasteiger partial charge in [0.05, 0.1) is 17.9 Å². The normalized spacial score (nSPS) is 9.80. The Morgan fingerprint density at radius 1 is 1.53 bits per heavy atom. The van der Waals surface area contributed by atoms with Crippen molar-refractivity contribution >= 4 is 5.82 Å². The number of aromatic nitrogens is 1. The van der Waals surface area contributed by atoms with Gasteiger partial charge < -0.3 is 9.64 Å². The van der Waals surface area contributed by atoms with E-state index in [1.54, 1.807) is 7.11 Å². The summed E-state index contributed by atoms with van der Waals surface area (Å²) in [6.45, 7) is 2.37. The van der Waals surface area contributed by atoms with Crippen molar-refractivity contribution in [3.8, 4) is 6.07 Å². The fraction of sp³-hybridized carbons (Fsp3) is 0.455. The predicted molar refractivity (Wildman–Crippen MR) is 58.7 cm³/mol. The fourth-order valence-electron chi connectivity index (χ4n) is 1.41. The van der Waals surface area contributed by atoms with Gasteiger partial charge in [-0.05, 0) is 18.6 Å². The molecule has 0 aromatic carbocycles. The molecule has 4 nitrogen and oxygen atoms in total. The maximum Gasteiger partial charge on any atom is 0.146 e. The van der Waals surface area contributed by atoms with Gasteiger partial charge in [0.15, 0.2) is 0 Å². The lowest BCUT2D eigenvalue weighted by Crippen LogP contribution is -2.14. The number of aryl methyl sites for hydroxylation is 1. The van der Waals surface area contributed by atoms with Crippen LogP contribution < -0.4 is 4.90 Å². The van der Waals surface area contributed by atoms with Crippen LogP contribution in [0.2, 0.25) is 0 Å². The third-order valence-electron chi connectivity index (χ3n) is 2.08. The van der Waals surface area contributed by atoms with Crippen LogP contribution in [0.4, 0.5) is 5.82 Å². The van der Waals surface area contributed by atoms with E-state index in [9.17, 15) is 0 Å². The largest absolute Gasteiger partial charge is 0.378 e. The summed E-state index contributed by atoms with van der Waals surface area (Å²) in [7, 11) is 5.38. The van der Waals surface area contributed by atoms with E-state index in [0.717, 1.165) is 11.3 Å². The van der Waals surface area contributed by atoms with E-state index in [1.807, 2.05) is 32.0 Å². The number of pyridine rings is 1. The quantitative estimate of drug-likeness (QED) is 0.749. The van der Waals surface area contributed by atoms with E-state index in [-0.39, 0.29) is 0 Å². The van der Waals surface area contributed by atoms with Gasteiger partial charge in [-0.15, -0.1) is 0 Å². The number of nitriles is 1. The summed E-state index contributed by atoms with van der Waals surface area (Å²) in [5.41, 5.74) is 2.40. The van der Waals surface area contributed by atoms with Crippen molar-refractivity contribution in [3.63, 3.8) is 0 Å². The highest BCUT2D eigenvalue weighted by molar-refractivity contribution is 5.57. The molecule has 0 bridgehead atoms. The van der Waals surface area contributed by atoms with Crippen LogP contribution in [0.5, 0.6) is 0 Å². The highest BCUT2D eigenvalue weighted by atomic mass is 16.5. The molecule has 0 aliphatic heterocycles. The smallest absolute Gasteiger partial charge is 0.146 e. The number of ether oxygens (including phenoxy) is 1. The Bertz CT molecular complexity index is 394. The Morgan fingerprint density at radius 2 is 2.20 bits per heavy atom. The lowest BCUT2D eigenvalue weighted by molar-refractivity contribution is 0.181. The van der Waals surface area contributed by atoms with E-state index < -0.39 is 0 Å². The molecule has 15 heavy (non-hydrogen) atoms. The molecule has 0 N–H and O–H groups in total. The minimum absolute atomic E-state index is 0.466. The summed E-state index contributed by atoms with van der Waals surface area (Å²) in [5, 5.41) is 9.02. The molecule has 80 valence electrons. The highest BCUT2D eigenvalue weighted by Crippen LogP contribution is 2.20. The zero-order valence-electron chi connectivity index (χ0n) is 9.53. The average molecular weight is 205 g/mol. The van der Waals surface area contributed by atoms with Gasteiger partial charge in [0, 0.05) is 21.2 Å². The lowest BCUT2D eigenvalue weighted by atomic mass is 10.1. The molecular weight excluding hydrogens is 190 g/mol. The van der Waals surface area contributed by atoms with Crippen LogP contribution >= 0.6 is 0 Å². The zero-order valence-corrected chi connectivity index (χ0v) is 9.53. The van der Waals surface area contributed by atoms with Gasteiger partial charge in [-0.25, -0.2) is 4.98 Å². The molecule has 1 aromatic rings. The summed E-state index contributed by atoms with van der Waals surface area (Å²) in [6, 6.07) is 4.05. The summed E-state index contributed by atoms with van der Waals surface area (Å²) in [6.07, 6.45) is 0. The minimum atomic E-state index is 0.466. The van der Waals surface area contributed by atoms with Crippen molar-refractivity contribution in [3.05, 3.63) is 22.9 Å². The van der Waals surface area contributed by atoms with E-state index in [0.29, 0.717) is 18.0 Å². The van der Waals surface area contributed by atoms with Gasteiger partial charge in [0.25, 0.3) is 0 Å². The summed E-state index contributed by atoms with van der Waals surface area (Å²) in [5.74, 6) is 0.699. The second-order valence-electron chi connectivity index (χ2n) is 3.57. The first-order valence-corrected chi connectivity index (χ1v) is 4.67. The van der Waals surface area contributed by atoms with Gasteiger partial charge in [-0.3, -0.25) is 0 Å². The molecule has 4 heteroatoms. The Hall–Kier alpha value is -1.60. The van der Waals surface area contributed by atoms with Gasteiger partial charge in [0.1, 0.15) is 11.9 Å². The van der Waals surface area contributed by atoms with Crippen molar-refractivity contribution in [2.45, 2.75) is 13.5 Å². The Labute approximate surface area is 90.1 Å². The molecule has 0 atom stereocenters. The Kier molecular flexibility index (Phi) is 3.64. The van der Waals surface area contributed by atoms with Crippen LogP contribution in [0.3, 0.4) is 0 Å². The number of nitrogens with zero attached hydrogens (tertiary/aromatic N) is 3. The van der Waals surface area contributed by atoms with Crippen LogP contribution in [-0.2, 0) is 11.3 Å². The molecule has 1 rings (SSSR count). The Balaban J connectivity index is 3.27. The van der Waals surface area contributed by atoms with Crippen LogP contribution in [0, 0.1) is 18.3 Å². The predicted octanol–water partition coefficient (Wildman–Crippen LogP) is 1.47. The monoisotopic (exact) mass is 205 g/mol. The maximum absolute atomic E-state index is 9.02. The molecule has 0 unspecified atom stereocenters. The number of hydrogen-bond donors (Lipinski definition) is 0. The molecular formula is C11H15N3O. The van der Waals surface area contributed by atoms with Gasteiger partial charge >= 0.3 is 0 Å². The van der Waals surface area contributed by atoms with E-state index >= 15 is 0 Å². The summed E-state index contributed by atoms with van der Waals surface area (Å²) in [4.78, 5) is 6.21.